The van der Waals surface area contributed by atoms with Crippen LogP contribution in [-0.4, -0.2) is 30.3 Å². The van der Waals surface area contributed by atoms with Crippen molar-refractivity contribution >= 4 is 17.9 Å². The summed E-state index contributed by atoms with van der Waals surface area (Å²) in [4.78, 5) is 11.5. The van der Waals surface area contributed by atoms with Crippen LogP contribution < -0.4 is 9.47 Å². The first-order valence-corrected chi connectivity index (χ1v) is 8.02. The van der Waals surface area contributed by atoms with Crippen molar-refractivity contribution in [2.24, 2.45) is 0 Å². The zero-order valence-corrected chi connectivity index (χ0v) is 14.7. The minimum absolute atomic E-state index is 0.480. The van der Waals surface area contributed by atoms with Gasteiger partial charge >= 0.3 is 0 Å². The quantitative estimate of drug-likeness (QED) is 0.624. The fraction of sp³-hybridized carbons (Fsp3) is 0.158. The molecule has 0 saturated carbocycles. The van der Waals surface area contributed by atoms with Crippen molar-refractivity contribution in [2.45, 2.75) is 6.54 Å². The Hall–Kier alpha value is -2.79. The largest absolute Gasteiger partial charge is 0.493 e. The Bertz CT molecular complexity index is 905. The van der Waals surface area contributed by atoms with Gasteiger partial charge in [0.05, 0.1) is 26.3 Å². The summed E-state index contributed by atoms with van der Waals surface area (Å²) in [5.41, 5.74) is 2.79. The van der Waals surface area contributed by atoms with E-state index in [2.05, 4.69) is 5.10 Å². The van der Waals surface area contributed by atoms with Crippen LogP contribution in [0.1, 0.15) is 15.9 Å². The molecular formula is C19H17ClN2O3. The highest BCUT2D eigenvalue weighted by atomic mass is 35.5. The van der Waals surface area contributed by atoms with Crippen LogP contribution in [0.15, 0.2) is 48.7 Å². The van der Waals surface area contributed by atoms with E-state index in [0.29, 0.717) is 34.3 Å². The van der Waals surface area contributed by atoms with E-state index < -0.39 is 0 Å². The average Bonchev–Trinajstić information content (AvgIpc) is 3.06. The number of nitrogens with zero attached hydrogens (tertiary/aromatic N) is 2. The van der Waals surface area contributed by atoms with Gasteiger partial charge in [0.1, 0.15) is 5.69 Å². The zero-order chi connectivity index (χ0) is 17.8. The molecule has 0 N–H and O–H groups in total. The lowest BCUT2D eigenvalue weighted by Crippen LogP contribution is -2.01. The molecule has 1 heterocycles. The molecule has 3 rings (SSSR count). The lowest BCUT2D eigenvalue weighted by atomic mass is 10.1. The Morgan fingerprint density at radius 1 is 1.12 bits per heavy atom. The number of aromatic nitrogens is 2. The molecule has 0 fully saturated rings. The second kappa shape index (κ2) is 7.40. The Morgan fingerprint density at radius 2 is 1.88 bits per heavy atom. The van der Waals surface area contributed by atoms with Crippen molar-refractivity contribution in [2.75, 3.05) is 14.2 Å². The molecule has 2 aromatic carbocycles. The molecule has 0 radical (unpaired) electrons. The summed E-state index contributed by atoms with van der Waals surface area (Å²) in [6.45, 7) is 0.480. The Morgan fingerprint density at radius 3 is 2.56 bits per heavy atom. The van der Waals surface area contributed by atoms with Crippen molar-refractivity contribution < 1.29 is 14.3 Å². The Kier molecular flexibility index (Phi) is 5.05. The third-order valence-electron chi connectivity index (χ3n) is 3.86. The minimum Gasteiger partial charge on any atom is -0.493 e. The minimum atomic E-state index is 0.480. The molecule has 6 heteroatoms. The summed E-state index contributed by atoms with van der Waals surface area (Å²) in [6.07, 6.45) is 2.50. The predicted molar refractivity (Wildman–Crippen MR) is 96.7 cm³/mol. The number of rotatable bonds is 6. The van der Waals surface area contributed by atoms with Gasteiger partial charge in [-0.25, -0.2) is 0 Å². The molecule has 0 saturated heterocycles. The van der Waals surface area contributed by atoms with E-state index in [9.17, 15) is 4.79 Å². The maximum absolute atomic E-state index is 11.5. The summed E-state index contributed by atoms with van der Waals surface area (Å²) >= 11 is 6.20. The van der Waals surface area contributed by atoms with Crippen LogP contribution in [0, 0.1) is 0 Å². The predicted octanol–water partition coefficient (Wildman–Crippen LogP) is 4.08. The molecule has 5 nitrogen and oxygen atoms in total. The van der Waals surface area contributed by atoms with Gasteiger partial charge in [0, 0.05) is 16.8 Å². The monoisotopic (exact) mass is 356 g/mol. The molecule has 0 aliphatic rings. The van der Waals surface area contributed by atoms with E-state index in [-0.39, 0.29) is 0 Å². The number of halogens is 1. The maximum atomic E-state index is 11.5. The fourth-order valence-electron chi connectivity index (χ4n) is 2.61. The van der Waals surface area contributed by atoms with Crippen LogP contribution in [0.5, 0.6) is 11.5 Å². The van der Waals surface area contributed by atoms with Crippen molar-refractivity contribution in [1.82, 2.24) is 9.78 Å². The summed E-state index contributed by atoms with van der Waals surface area (Å²) in [5, 5.41) is 5.21. The van der Waals surface area contributed by atoms with Gasteiger partial charge in [-0.15, -0.1) is 0 Å². The van der Waals surface area contributed by atoms with Crippen molar-refractivity contribution in [3.63, 3.8) is 0 Å². The molecule has 0 atom stereocenters. The SMILES string of the molecule is COc1ccc(-c2nn(Cc3ccccc3Cl)cc2C=O)cc1OC. The van der Waals surface area contributed by atoms with Crippen molar-refractivity contribution in [3.8, 4) is 22.8 Å². The van der Waals surface area contributed by atoms with Crippen LogP contribution in [0.3, 0.4) is 0 Å². The summed E-state index contributed by atoms with van der Waals surface area (Å²) in [7, 11) is 3.14. The lowest BCUT2D eigenvalue weighted by Gasteiger charge is -2.08. The van der Waals surface area contributed by atoms with Crippen molar-refractivity contribution in [1.29, 1.82) is 0 Å². The highest BCUT2D eigenvalue weighted by molar-refractivity contribution is 6.31. The molecule has 0 aliphatic heterocycles. The van der Waals surface area contributed by atoms with E-state index in [4.69, 9.17) is 21.1 Å². The lowest BCUT2D eigenvalue weighted by molar-refractivity contribution is 0.112. The molecule has 0 aliphatic carbocycles. The van der Waals surface area contributed by atoms with Gasteiger partial charge < -0.3 is 9.47 Å². The van der Waals surface area contributed by atoms with Gasteiger partial charge in [0.2, 0.25) is 0 Å². The van der Waals surface area contributed by atoms with Gasteiger partial charge in [-0.3, -0.25) is 9.48 Å². The first kappa shape index (κ1) is 17.0. The van der Waals surface area contributed by atoms with E-state index in [1.165, 1.54) is 0 Å². The first-order valence-electron chi connectivity index (χ1n) is 7.64. The molecule has 25 heavy (non-hydrogen) atoms. The van der Waals surface area contributed by atoms with Gasteiger partial charge in [-0.05, 0) is 29.8 Å². The highest BCUT2D eigenvalue weighted by Crippen LogP contribution is 2.32. The molecule has 0 unspecified atom stereocenters. The second-order valence-corrected chi connectivity index (χ2v) is 5.82. The van der Waals surface area contributed by atoms with Crippen LogP contribution in [0.25, 0.3) is 11.3 Å². The average molecular weight is 357 g/mol. The molecular weight excluding hydrogens is 340 g/mol. The Labute approximate surface area is 150 Å². The topological polar surface area (TPSA) is 53.4 Å². The normalized spacial score (nSPS) is 10.5. The number of methoxy groups -OCH3 is 2. The molecule has 3 aromatic rings. The van der Waals surface area contributed by atoms with Crippen LogP contribution >= 0.6 is 11.6 Å². The number of aldehydes is 1. The van der Waals surface area contributed by atoms with Gasteiger partial charge in [0.15, 0.2) is 17.8 Å². The molecule has 1 aromatic heterocycles. The van der Waals surface area contributed by atoms with Crippen molar-refractivity contribution in [3.05, 3.63) is 64.8 Å². The summed E-state index contributed by atoms with van der Waals surface area (Å²) in [6, 6.07) is 13.0. The van der Waals surface area contributed by atoms with Crippen LogP contribution in [0.4, 0.5) is 0 Å². The highest BCUT2D eigenvalue weighted by Gasteiger charge is 2.14. The van der Waals surface area contributed by atoms with Crippen LogP contribution in [0.2, 0.25) is 5.02 Å². The molecule has 0 spiro atoms. The molecule has 0 amide bonds. The fourth-order valence-corrected chi connectivity index (χ4v) is 2.81. The smallest absolute Gasteiger partial charge is 0.161 e. The number of ether oxygens (including phenoxy) is 2. The number of benzene rings is 2. The molecule has 128 valence electrons. The zero-order valence-electron chi connectivity index (χ0n) is 13.9. The third kappa shape index (κ3) is 3.51. The number of hydrogen-bond acceptors (Lipinski definition) is 4. The maximum Gasteiger partial charge on any atom is 0.161 e. The summed E-state index contributed by atoms with van der Waals surface area (Å²) in [5.74, 6) is 1.20. The molecule has 0 bridgehead atoms. The second-order valence-electron chi connectivity index (χ2n) is 5.41. The van der Waals surface area contributed by atoms with Gasteiger partial charge in [-0.2, -0.15) is 5.10 Å². The van der Waals surface area contributed by atoms with Crippen LogP contribution in [-0.2, 0) is 6.54 Å². The number of hydrogen-bond donors (Lipinski definition) is 0. The van der Waals surface area contributed by atoms with Gasteiger partial charge in [-0.1, -0.05) is 29.8 Å². The Balaban J connectivity index is 1.99. The summed E-state index contributed by atoms with van der Waals surface area (Å²) < 4.78 is 12.3. The van der Waals surface area contributed by atoms with E-state index in [1.807, 2.05) is 30.3 Å². The number of carbonyl (C=O) groups excluding carboxylic acids is 1. The number of carbonyl (C=O) groups is 1. The first-order chi connectivity index (χ1) is 12.2. The third-order valence-corrected chi connectivity index (χ3v) is 4.23. The van der Waals surface area contributed by atoms with Gasteiger partial charge in [0.25, 0.3) is 0 Å². The van der Waals surface area contributed by atoms with E-state index in [1.54, 1.807) is 37.2 Å². The standard InChI is InChI=1S/C19H17ClN2O3/c1-24-17-8-7-13(9-18(17)25-2)19-15(12-23)11-22(21-19)10-14-5-3-4-6-16(14)20/h3-9,11-12H,10H2,1-2H3. The van der Waals surface area contributed by atoms with E-state index in [0.717, 1.165) is 17.4 Å². The van der Waals surface area contributed by atoms with E-state index >= 15 is 0 Å².